The van der Waals surface area contributed by atoms with Crippen molar-refractivity contribution in [1.29, 1.82) is 0 Å². The lowest BCUT2D eigenvalue weighted by Gasteiger charge is -2.06. The monoisotopic (exact) mass is 451 g/mol. The quantitative estimate of drug-likeness (QED) is 0.437. The molecule has 2 amide bonds. The van der Waals surface area contributed by atoms with Crippen molar-refractivity contribution in [2.45, 2.75) is 20.4 Å². The van der Waals surface area contributed by atoms with Crippen LogP contribution >= 0.6 is 11.3 Å². The van der Waals surface area contributed by atoms with Crippen LogP contribution in [0.5, 0.6) is 5.75 Å². The molecule has 0 saturated heterocycles. The van der Waals surface area contributed by atoms with Crippen LogP contribution in [-0.4, -0.2) is 33.7 Å². The molecule has 0 unspecified atom stereocenters. The van der Waals surface area contributed by atoms with Gasteiger partial charge in [0.15, 0.2) is 10.8 Å². The van der Waals surface area contributed by atoms with E-state index in [1.54, 1.807) is 44.5 Å². The van der Waals surface area contributed by atoms with Gasteiger partial charge in [-0.05, 0) is 50.2 Å². The zero-order chi connectivity index (χ0) is 22.7. The molecule has 4 rings (SSSR count). The van der Waals surface area contributed by atoms with Gasteiger partial charge < -0.3 is 19.8 Å². The average molecular weight is 452 g/mol. The molecule has 2 N–H and O–H groups in total. The molecule has 0 fully saturated rings. The van der Waals surface area contributed by atoms with Gasteiger partial charge in [-0.3, -0.25) is 14.3 Å². The van der Waals surface area contributed by atoms with Gasteiger partial charge >= 0.3 is 0 Å². The van der Waals surface area contributed by atoms with Crippen molar-refractivity contribution in [2.75, 3.05) is 17.7 Å². The average Bonchev–Trinajstić information content (AvgIpc) is 3.49. The topological polar surface area (TPSA) is 111 Å². The van der Waals surface area contributed by atoms with Crippen molar-refractivity contribution in [1.82, 2.24) is 14.8 Å². The van der Waals surface area contributed by atoms with Crippen LogP contribution in [0.1, 0.15) is 21.1 Å². The minimum absolute atomic E-state index is 0.00345. The Morgan fingerprint density at radius 2 is 1.88 bits per heavy atom. The van der Waals surface area contributed by atoms with E-state index in [2.05, 4.69) is 20.7 Å². The predicted octanol–water partition coefficient (Wildman–Crippen LogP) is 4.12. The zero-order valence-electron chi connectivity index (χ0n) is 17.7. The molecule has 1 aromatic carbocycles. The molecule has 0 saturated carbocycles. The summed E-state index contributed by atoms with van der Waals surface area (Å²) >= 11 is 1.26. The summed E-state index contributed by atoms with van der Waals surface area (Å²) in [6.07, 6.45) is 3.09. The number of carbonyl (C=O) groups is 2. The minimum Gasteiger partial charge on any atom is -0.497 e. The Kier molecular flexibility index (Phi) is 6.04. The molecule has 0 atom stereocenters. The standard InChI is InChI=1S/C22H21N5O4S/c1-13-4-9-18(31-13)22-24-14(2)20(32-22)21(29)26-16-10-23-27(11-16)12-19(28)25-15-5-7-17(30-3)8-6-15/h4-11H,12H2,1-3H3,(H,25,28)(H,26,29). The first-order valence-electron chi connectivity index (χ1n) is 9.73. The second-order valence-electron chi connectivity index (χ2n) is 7.00. The van der Waals surface area contributed by atoms with Crippen LogP contribution in [0.4, 0.5) is 11.4 Å². The van der Waals surface area contributed by atoms with E-state index in [4.69, 9.17) is 9.15 Å². The Hall–Kier alpha value is -3.92. The highest BCUT2D eigenvalue weighted by Crippen LogP contribution is 2.29. The summed E-state index contributed by atoms with van der Waals surface area (Å²) in [4.78, 5) is 29.9. The molecule has 0 aliphatic heterocycles. The highest BCUT2D eigenvalue weighted by atomic mass is 32.1. The van der Waals surface area contributed by atoms with E-state index in [0.29, 0.717) is 38.5 Å². The summed E-state index contributed by atoms with van der Waals surface area (Å²) in [5.74, 6) is 1.58. The van der Waals surface area contributed by atoms with E-state index < -0.39 is 0 Å². The van der Waals surface area contributed by atoms with Crippen LogP contribution in [0.15, 0.2) is 53.2 Å². The van der Waals surface area contributed by atoms with Gasteiger partial charge in [-0.1, -0.05) is 0 Å². The summed E-state index contributed by atoms with van der Waals surface area (Å²) in [7, 11) is 1.58. The summed E-state index contributed by atoms with van der Waals surface area (Å²) in [5.41, 5.74) is 1.75. The first kappa shape index (κ1) is 21.3. The van der Waals surface area contributed by atoms with E-state index in [1.807, 2.05) is 19.1 Å². The Bertz CT molecular complexity index is 1260. The first-order valence-corrected chi connectivity index (χ1v) is 10.5. The Balaban J connectivity index is 1.37. The fourth-order valence-electron chi connectivity index (χ4n) is 2.99. The highest BCUT2D eigenvalue weighted by molar-refractivity contribution is 7.17. The van der Waals surface area contributed by atoms with Crippen LogP contribution < -0.4 is 15.4 Å². The van der Waals surface area contributed by atoms with Gasteiger partial charge in [-0.2, -0.15) is 5.10 Å². The molecule has 3 heterocycles. The number of benzene rings is 1. The van der Waals surface area contributed by atoms with Gasteiger partial charge in [0.2, 0.25) is 5.91 Å². The molecule has 3 aromatic heterocycles. The second-order valence-corrected chi connectivity index (χ2v) is 8.00. The third-order valence-corrected chi connectivity index (χ3v) is 5.70. The third-order valence-electron chi connectivity index (χ3n) is 4.52. The van der Waals surface area contributed by atoms with Crippen LogP contribution in [0.3, 0.4) is 0 Å². The number of nitrogens with one attached hydrogen (secondary N) is 2. The number of hydrogen-bond donors (Lipinski definition) is 2. The van der Waals surface area contributed by atoms with Crippen LogP contribution in [0.25, 0.3) is 10.8 Å². The Morgan fingerprint density at radius 3 is 2.56 bits per heavy atom. The number of aryl methyl sites for hydroxylation is 2. The normalized spacial score (nSPS) is 10.7. The number of hydrogen-bond acceptors (Lipinski definition) is 7. The van der Waals surface area contributed by atoms with Crippen LogP contribution in [0, 0.1) is 13.8 Å². The Labute approximate surface area is 188 Å². The van der Waals surface area contributed by atoms with E-state index in [0.717, 1.165) is 5.76 Å². The summed E-state index contributed by atoms with van der Waals surface area (Å²) in [6.45, 7) is 3.63. The number of amides is 2. The molecule has 9 nitrogen and oxygen atoms in total. The molecule has 0 aliphatic carbocycles. The number of furan rings is 1. The van der Waals surface area contributed by atoms with Crippen molar-refractivity contribution in [3.8, 4) is 16.5 Å². The molecule has 10 heteroatoms. The van der Waals surface area contributed by atoms with E-state index in [9.17, 15) is 9.59 Å². The molecule has 0 radical (unpaired) electrons. The van der Waals surface area contributed by atoms with Gasteiger partial charge in [0, 0.05) is 11.9 Å². The summed E-state index contributed by atoms with van der Waals surface area (Å²) in [5, 5.41) is 10.4. The molecular formula is C22H21N5O4S. The largest absolute Gasteiger partial charge is 0.497 e. The molecule has 0 bridgehead atoms. The molecule has 4 aromatic rings. The number of thiazole rings is 1. The molecule has 0 spiro atoms. The highest BCUT2D eigenvalue weighted by Gasteiger charge is 2.18. The van der Waals surface area contributed by atoms with Gasteiger partial charge in [0.25, 0.3) is 5.91 Å². The first-order chi connectivity index (χ1) is 15.4. The summed E-state index contributed by atoms with van der Waals surface area (Å²) in [6, 6.07) is 10.7. The number of carbonyl (C=O) groups excluding carboxylic acids is 2. The Morgan fingerprint density at radius 1 is 1.09 bits per heavy atom. The number of rotatable bonds is 7. The van der Waals surface area contributed by atoms with Crippen molar-refractivity contribution >= 4 is 34.5 Å². The van der Waals surface area contributed by atoms with Crippen molar-refractivity contribution in [2.24, 2.45) is 0 Å². The maximum Gasteiger partial charge on any atom is 0.267 e. The van der Waals surface area contributed by atoms with Gasteiger partial charge in [-0.15, -0.1) is 11.3 Å². The zero-order valence-corrected chi connectivity index (χ0v) is 18.5. The fraction of sp³-hybridized carbons (Fsp3) is 0.182. The predicted molar refractivity (Wildman–Crippen MR) is 121 cm³/mol. The van der Waals surface area contributed by atoms with Crippen molar-refractivity contribution in [3.63, 3.8) is 0 Å². The van der Waals surface area contributed by atoms with E-state index in [-0.39, 0.29) is 18.4 Å². The maximum absolute atomic E-state index is 12.7. The van der Waals surface area contributed by atoms with Gasteiger partial charge in [0.05, 0.1) is 24.7 Å². The third kappa shape index (κ3) is 4.86. The van der Waals surface area contributed by atoms with Gasteiger partial charge in [-0.25, -0.2) is 4.98 Å². The molecule has 32 heavy (non-hydrogen) atoms. The number of methoxy groups -OCH3 is 1. The number of ether oxygens (including phenoxy) is 1. The maximum atomic E-state index is 12.7. The number of nitrogens with zero attached hydrogens (tertiary/aromatic N) is 3. The number of aromatic nitrogens is 3. The van der Waals surface area contributed by atoms with Crippen molar-refractivity contribution < 1.29 is 18.7 Å². The minimum atomic E-state index is -0.295. The molecule has 164 valence electrons. The SMILES string of the molecule is COc1ccc(NC(=O)Cn2cc(NC(=O)c3sc(-c4ccc(C)o4)nc3C)cn2)cc1. The van der Waals surface area contributed by atoms with Crippen molar-refractivity contribution in [3.05, 3.63) is 65.1 Å². The summed E-state index contributed by atoms with van der Waals surface area (Å²) < 4.78 is 12.1. The lowest BCUT2D eigenvalue weighted by molar-refractivity contribution is -0.116. The van der Waals surface area contributed by atoms with Gasteiger partial charge in [0.1, 0.15) is 22.9 Å². The number of anilines is 2. The lowest BCUT2D eigenvalue weighted by Crippen LogP contribution is -2.19. The van der Waals surface area contributed by atoms with Crippen LogP contribution in [-0.2, 0) is 11.3 Å². The molecule has 0 aliphatic rings. The molecular weight excluding hydrogens is 430 g/mol. The van der Waals surface area contributed by atoms with E-state index in [1.165, 1.54) is 22.2 Å². The van der Waals surface area contributed by atoms with Crippen LogP contribution in [0.2, 0.25) is 0 Å². The second kappa shape index (κ2) is 9.06. The smallest absolute Gasteiger partial charge is 0.267 e. The lowest BCUT2D eigenvalue weighted by atomic mass is 10.3. The fourth-order valence-corrected chi connectivity index (χ4v) is 3.91. The van der Waals surface area contributed by atoms with E-state index >= 15 is 0 Å².